The van der Waals surface area contributed by atoms with Gasteiger partial charge in [-0.15, -0.1) is 0 Å². The molecule has 4 heteroatoms. The molecule has 0 aromatic heterocycles. The number of carbonyl (C=O) groups is 2. The van der Waals surface area contributed by atoms with Crippen molar-refractivity contribution in [1.82, 2.24) is 0 Å². The van der Waals surface area contributed by atoms with Gasteiger partial charge in [0.1, 0.15) is 6.10 Å². The molecule has 44 heavy (non-hydrogen) atoms. The average molecular weight is 621 g/mol. The van der Waals surface area contributed by atoms with Crippen molar-refractivity contribution in [3.8, 4) is 0 Å². The lowest BCUT2D eigenvalue weighted by Crippen LogP contribution is -2.35. The zero-order valence-corrected chi connectivity index (χ0v) is 29.7. The third-order valence-corrected chi connectivity index (χ3v) is 10.2. The zero-order chi connectivity index (χ0) is 31.9. The zero-order valence-electron chi connectivity index (χ0n) is 29.7. The van der Waals surface area contributed by atoms with Gasteiger partial charge < -0.3 is 9.84 Å². The Labute approximate surface area is 274 Å². The van der Waals surface area contributed by atoms with Crippen LogP contribution in [0.3, 0.4) is 0 Å². The van der Waals surface area contributed by atoms with Crippen LogP contribution in [0.25, 0.3) is 0 Å². The monoisotopic (exact) mass is 621 g/mol. The number of hydrogen-bond acceptors (Lipinski definition) is 3. The number of hydrogen-bond donors (Lipinski definition) is 1. The van der Waals surface area contributed by atoms with Crippen molar-refractivity contribution in [2.45, 2.75) is 232 Å². The van der Waals surface area contributed by atoms with Gasteiger partial charge >= 0.3 is 11.9 Å². The predicted octanol–water partition coefficient (Wildman–Crippen LogP) is 13.1. The van der Waals surface area contributed by atoms with Crippen LogP contribution in [0.5, 0.6) is 0 Å². The Kier molecular flexibility index (Phi) is 28.5. The topological polar surface area (TPSA) is 63.6 Å². The standard InChI is InChI=1S/C40H76O4/c1-3-5-7-9-11-13-15-17-18-19-21-23-25-27-29-33-36(44-40(43)38-35-31-30-34-37(38)39(41)42)32-28-26-24-22-20-16-14-12-10-8-6-4-2/h36-38H,3-35H2,1-2H3,(H,41,42). The molecule has 3 unspecified atom stereocenters. The first-order valence-electron chi connectivity index (χ1n) is 20.0. The summed E-state index contributed by atoms with van der Waals surface area (Å²) in [5.41, 5.74) is 0. The van der Waals surface area contributed by atoms with E-state index in [4.69, 9.17) is 4.74 Å². The molecule has 0 bridgehead atoms. The summed E-state index contributed by atoms with van der Waals surface area (Å²) in [6.45, 7) is 4.56. The molecule has 1 fully saturated rings. The SMILES string of the molecule is CCCCCCCCCCCCCCCCCC(CCCCCCCCCCCCCC)OC(=O)C1CCCCC1C(=O)O. The van der Waals surface area contributed by atoms with E-state index in [-0.39, 0.29) is 12.1 Å². The van der Waals surface area contributed by atoms with Gasteiger partial charge in [0, 0.05) is 0 Å². The Morgan fingerprint density at radius 3 is 1.11 bits per heavy atom. The van der Waals surface area contributed by atoms with Crippen LogP contribution in [0.2, 0.25) is 0 Å². The van der Waals surface area contributed by atoms with Crippen molar-refractivity contribution >= 4 is 11.9 Å². The van der Waals surface area contributed by atoms with Crippen molar-refractivity contribution < 1.29 is 19.4 Å². The van der Waals surface area contributed by atoms with E-state index in [0.29, 0.717) is 12.8 Å². The molecule has 260 valence electrons. The predicted molar refractivity (Wildman–Crippen MR) is 188 cm³/mol. The van der Waals surface area contributed by atoms with Crippen LogP contribution in [0.4, 0.5) is 0 Å². The van der Waals surface area contributed by atoms with Gasteiger partial charge in [-0.05, 0) is 38.5 Å². The molecule has 0 saturated heterocycles. The van der Waals surface area contributed by atoms with Crippen LogP contribution in [-0.2, 0) is 14.3 Å². The molecule has 0 aromatic rings. The number of carboxylic acid groups (broad SMARTS) is 1. The first-order valence-corrected chi connectivity index (χ1v) is 20.0. The van der Waals surface area contributed by atoms with Crippen LogP contribution >= 0.6 is 0 Å². The molecule has 1 N–H and O–H groups in total. The number of esters is 1. The highest BCUT2D eigenvalue weighted by atomic mass is 16.5. The minimum Gasteiger partial charge on any atom is -0.481 e. The minimum atomic E-state index is -0.827. The molecule has 0 amide bonds. The van der Waals surface area contributed by atoms with E-state index in [1.54, 1.807) is 0 Å². The van der Waals surface area contributed by atoms with Gasteiger partial charge in [0.25, 0.3) is 0 Å². The van der Waals surface area contributed by atoms with Crippen molar-refractivity contribution in [3.05, 3.63) is 0 Å². The van der Waals surface area contributed by atoms with Gasteiger partial charge in [0.05, 0.1) is 11.8 Å². The molecule has 1 aliphatic carbocycles. The van der Waals surface area contributed by atoms with Crippen molar-refractivity contribution in [2.75, 3.05) is 0 Å². The summed E-state index contributed by atoms with van der Waals surface area (Å²) in [5.74, 6) is -2.07. The molecule has 1 saturated carbocycles. The Hall–Kier alpha value is -1.06. The van der Waals surface area contributed by atoms with Gasteiger partial charge in [-0.25, -0.2) is 0 Å². The fraction of sp³-hybridized carbons (Fsp3) is 0.950. The molecule has 0 spiro atoms. The highest BCUT2D eigenvalue weighted by Crippen LogP contribution is 2.32. The number of carbonyl (C=O) groups excluding carboxylic acids is 1. The lowest BCUT2D eigenvalue weighted by Gasteiger charge is -2.29. The third kappa shape index (κ3) is 23.3. The lowest BCUT2D eigenvalue weighted by atomic mass is 9.79. The Balaban J connectivity index is 2.24. The summed E-state index contributed by atoms with van der Waals surface area (Å²) in [6.07, 6.45) is 41.2. The molecule has 0 heterocycles. The first-order chi connectivity index (χ1) is 21.6. The van der Waals surface area contributed by atoms with Gasteiger partial charge in [-0.2, -0.15) is 0 Å². The molecule has 0 aliphatic heterocycles. The van der Waals surface area contributed by atoms with Gasteiger partial charge in [-0.3, -0.25) is 9.59 Å². The van der Waals surface area contributed by atoms with Crippen molar-refractivity contribution in [3.63, 3.8) is 0 Å². The van der Waals surface area contributed by atoms with Crippen LogP contribution < -0.4 is 0 Å². The van der Waals surface area contributed by atoms with E-state index >= 15 is 0 Å². The Bertz CT molecular complexity index is 647. The quantitative estimate of drug-likeness (QED) is 0.0600. The lowest BCUT2D eigenvalue weighted by molar-refractivity contribution is -0.164. The number of aliphatic carboxylic acids is 1. The molecule has 1 aliphatic rings. The maximum Gasteiger partial charge on any atom is 0.310 e. The van der Waals surface area contributed by atoms with Crippen LogP contribution in [0, 0.1) is 11.8 Å². The summed E-state index contributed by atoms with van der Waals surface area (Å²) in [6, 6.07) is 0. The second-order valence-corrected chi connectivity index (χ2v) is 14.3. The number of rotatable bonds is 32. The maximum absolute atomic E-state index is 13.1. The molecule has 3 atom stereocenters. The van der Waals surface area contributed by atoms with E-state index < -0.39 is 17.8 Å². The molecule has 0 aromatic carbocycles. The highest BCUT2D eigenvalue weighted by Gasteiger charge is 2.37. The molecular weight excluding hydrogens is 544 g/mol. The third-order valence-electron chi connectivity index (χ3n) is 10.2. The second kappa shape index (κ2) is 30.6. The van der Waals surface area contributed by atoms with Gasteiger partial charge in [-0.1, -0.05) is 187 Å². The second-order valence-electron chi connectivity index (χ2n) is 14.3. The molecule has 4 nitrogen and oxygen atoms in total. The summed E-state index contributed by atoms with van der Waals surface area (Å²) in [5, 5.41) is 9.66. The maximum atomic E-state index is 13.1. The average Bonchev–Trinajstić information content (AvgIpc) is 3.03. The van der Waals surface area contributed by atoms with Gasteiger partial charge in [0.15, 0.2) is 0 Å². The minimum absolute atomic E-state index is 0.0380. The highest BCUT2D eigenvalue weighted by molar-refractivity contribution is 5.81. The smallest absolute Gasteiger partial charge is 0.310 e. The molecule has 1 rings (SSSR count). The van der Waals surface area contributed by atoms with Crippen molar-refractivity contribution in [2.24, 2.45) is 11.8 Å². The summed E-state index contributed by atoms with van der Waals surface area (Å²) in [4.78, 5) is 24.9. The van der Waals surface area contributed by atoms with E-state index in [0.717, 1.165) is 38.5 Å². The van der Waals surface area contributed by atoms with Crippen LogP contribution in [-0.4, -0.2) is 23.1 Å². The van der Waals surface area contributed by atoms with Gasteiger partial charge in [0.2, 0.25) is 0 Å². The van der Waals surface area contributed by atoms with E-state index in [9.17, 15) is 14.7 Å². The number of ether oxygens (including phenoxy) is 1. The summed E-state index contributed by atoms with van der Waals surface area (Å²) >= 11 is 0. The first kappa shape index (κ1) is 41.0. The molecule has 0 radical (unpaired) electrons. The fourth-order valence-corrected chi connectivity index (χ4v) is 7.18. The van der Waals surface area contributed by atoms with Crippen LogP contribution in [0.15, 0.2) is 0 Å². The summed E-state index contributed by atoms with van der Waals surface area (Å²) in [7, 11) is 0. The Morgan fingerprint density at radius 2 is 0.795 bits per heavy atom. The van der Waals surface area contributed by atoms with E-state index in [1.807, 2.05) is 0 Å². The van der Waals surface area contributed by atoms with Crippen LogP contribution in [0.1, 0.15) is 226 Å². The van der Waals surface area contributed by atoms with E-state index in [1.165, 1.54) is 161 Å². The Morgan fingerprint density at radius 1 is 0.500 bits per heavy atom. The normalized spacial score (nSPS) is 17.5. The largest absolute Gasteiger partial charge is 0.481 e. The molecular formula is C40H76O4. The summed E-state index contributed by atoms with van der Waals surface area (Å²) < 4.78 is 6.09. The van der Waals surface area contributed by atoms with Crippen molar-refractivity contribution in [1.29, 1.82) is 0 Å². The number of carboxylic acids is 1. The fourth-order valence-electron chi connectivity index (χ4n) is 7.18. The number of unbranched alkanes of at least 4 members (excludes halogenated alkanes) is 25. The van der Waals surface area contributed by atoms with E-state index in [2.05, 4.69) is 13.8 Å².